The predicted molar refractivity (Wildman–Crippen MR) is 102 cm³/mol. The van der Waals surface area contributed by atoms with Gasteiger partial charge in [0.05, 0.1) is 12.2 Å². The van der Waals surface area contributed by atoms with Crippen LogP contribution in [0.25, 0.3) is 0 Å². The maximum absolute atomic E-state index is 11.9. The number of benzene rings is 2. The second kappa shape index (κ2) is 10.1. The third kappa shape index (κ3) is 6.91. The average molecular weight is 370 g/mol. The molecule has 0 heterocycles. The molecule has 0 unspecified atom stereocenters. The van der Waals surface area contributed by atoms with Gasteiger partial charge in [0.1, 0.15) is 13.2 Å². The highest BCUT2D eigenvalue weighted by atomic mass is 16.5. The molecule has 0 bridgehead atoms. The summed E-state index contributed by atoms with van der Waals surface area (Å²) in [5.41, 5.74) is 2.62. The van der Waals surface area contributed by atoms with Crippen molar-refractivity contribution in [3.63, 3.8) is 0 Å². The number of hydrogen-bond acceptors (Lipinski definition) is 5. The monoisotopic (exact) mass is 370 g/mol. The Morgan fingerprint density at radius 3 is 2.11 bits per heavy atom. The topological polar surface area (TPSA) is 93.7 Å². The Labute approximate surface area is 157 Å². The number of esters is 1. The third-order valence-electron chi connectivity index (χ3n) is 3.45. The molecule has 7 heteroatoms. The fourth-order valence-corrected chi connectivity index (χ4v) is 2.26. The predicted octanol–water partition coefficient (Wildman–Crippen LogP) is 2.77. The minimum Gasteiger partial charge on any atom is -0.462 e. The first-order chi connectivity index (χ1) is 13.0. The molecule has 142 valence electrons. The van der Waals surface area contributed by atoms with Crippen LogP contribution in [0, 0.1) is 6.92 Å². The van der Waals surface area contributed by atoms with Crippen molar-refractivity contribution in [2.75, 3.05) is 30.5 Å². The highest BCUT2D eigenvalue weighted by Crippen LogP contribution is 2.11. The average Bonchev–Trinajstić information content (AvgIpc) is 2.62. The van der Waals surface area contributed by atoms with E-state index in [0.717, 1.165) is 5.56 Å². The van der Waals surface area contributed by atoms with Gasteiger partial charge in [-0.05, 0) is 55.8 Å². The second-order valence-corrected chi connectivity index (χ2v) is 5.76. The van der Waals surface area contributed by atoms with Gasteiger partial charge in [-0.2, -0.15) is 0 Å². The van der Waals surface area contributed by atoms with E-state index in [2.05, 4.69) is 10.6 Å². The lowest BCUT2D eigenvalue weighted by atomic mass is 10.2. The molecule has 0 saturated carbocycles. The number of carbonyl (C=O) groups is 3. The summed E-state index contributed by atoms with van der Waals surface area (Å²) in [5.74, 6) is -1.16. The van der Waals surface area contributed by atoms with Gasteiger partial charge in [0, 0.05) is 11.4 Å². The van der Waals surface area contributed by atoms with Crippen LogP contribution in [0.15, 0.2) is 48.5 Å². The molecule has 0 saturated heterocycles. The molecule has 2 N–H and O–H groups in total. The fraction of sp³-hybridized carbons (Fsp3) is 0.250. The largest absolute Gasteiger partial charge is 0.462 e. The van der Waals surface area contributed by atoms with E-state index in [4.69, 9.17) is 9.47 Å². The minimum atomic E-state index is -0.418. The van der Waals surface area contributed by atoms with Crippen molar-refractivity contribution >= 4 is 29.2 Å². The van der Waals surface area contributed by atoms with Gasteiger partial charge in [-0.3, -0.25) is 9.59 Å². The van der Waals surface area contributed by atoms with E-state index >= 15 is 0 Å². The number of aryl methyl sites for hydroxylation is 1. The lowest BCUT2D eigenvalue weighted by Crippen LogP contribution is -2.24. The van der Waals surface area contributed by atoms with Gasteiger partial charge in [0.2, 0.25) is 11.8 Å². The van der Waals surface area contributed by atoms with E-state index < -0.39 is 11.9 Å². The highest BCUT2D eigenvalue weighted by molar-refractivity contribution is 5.94. The number of anilines is 2. The van der Waals surface area contributed by atoms with Crippen LogP contribution < -0.4 is 10.6 Å². The van der Waals surface area contributed by atoms with E-state index in [0.29, 0.717) is 23.5 Å². The standard InChI is InChI=1S/C20H22N2O5/c1-3-27-20(25)15-7-9-16(10-8-15)21-18(23)12-26-13-19(24)22-17-6-4-5-14(2)11-17/h4-11H,3,12-13H2,1-2H3,(H,21,23)(H,22,24). The Morgan fingerprint density at radius 1 is 0.889 bits per heavy atom. The Bertz CT molecular complexity index is 802. The van der Waals surface area contributed by atoms with Gasteiger partial charge in [-0.25, -0.2) is 4.79 Å². The number of hydrogen-bond donors (Lipinski definition) is 2. The van der Waals surface area contributed by atoms with Crippen molar-refractivity contribution in [2.45, 2.75) is 13.8 Å². The molecule has 0 radical (unpaired) electrons. The molecule has 2 aromatic rings. The number of carbonyl (C=O) groups excluding carboxylic acids is 3. The van der Waals surface area contributed by atoms with Gasteiger partial charge >= 0.3 is 5.97 Å². The molecule has 0 aromatic heterocycles. The van der Waals surface area contributed by atoms with Gasteiger partial charge in [0.25, 0.3) is 0 Å². The lowest BCUT2D eigenvalue weighted by molar-refractivity contribution is -0.125. The molecular formula is C20H22N2O5. The van der Waals surface area contributed by atoms with Crippen molar-refractivity contribution in [1.29, 1.82) is 0 Å². The summed E-state index contributed by atoms with van der Waals surface area (Å²) in [6.07, 6.45) is 0. The zero-order chi connectivity index (χ0) is 19.6. The van der Waals surface area contributed by atoms with Gasteiger partial charge in [-0.1, -0.05) is 12.1 Å². The molecule has 7 nitrogen and oxygen atoms in total. The Morgan fingerprint density at radius 2 is 1.52 bits per heavy atom. The van der Waals surface area contributed by atoms with Crippen LogP contribution in [0.3, 0.4) is 0 Å². The fourth-order valence-electron chi connectivity index (χ4n) is 2.26. The van der Waals surface area contributed by atoms with E-state index in [-0.39, 0.29) is 19.1 Å². The summed E-state index contributed by atoms with van der Waals surface area (Å²) < 4.78 is 10.0. The summed E-state index contributed by atoms with van der Waals surface area (Å²) in [6, 6.07) is 13.7. The third-order valence-corrected chi connectivity index (χ3v) is 3.45. The van der Waals surface area contributed by atoms with Crippen LogP contribution >= 0.6 is 0 Å². The van der Waals surface area contributed by atoms with Crippen molar-refractivity contribution in [2.24, 2.45) is 0 Å². The quantitative estimate of drug-likeness (QED) is 0.697. The lowest BCUT2D eigenvalue weighted by Gasteiger charge is -2.08. The smallest absolute Gasteiger partial charge is 0.338 e. The van der Waals surface area contributed by atoms with Crippen molar-refractivity contribution < 1.29 is 23.9 Å². The van der Waals surface area contributed by atoms with Gasteiger partial charge in [-0.15, -0.1) is 0 Å². The molecule has 0 aliphatic rings. The van der Waals surface area contributed by atoms with Crippen LogP contribution in [0.2, 0.25) is 0 Å². The Kier molecular flexibility index (Phi) is 7.51. The zero-order valence-corrected chi connectivity index (χ0v) is 15.3. The number of rotatable bonds is 8. The van der Waals surface area contributed by atoms with Crippen LogP contribution in [0.1, 0.15) is 22.8 Å². The summed E-state index contributed by atoms with van der Waals surface area (Å²) in [5, 5.41) is 5.32. The summed E-state index contributed by atoms with van der Waals surface area (Å²) >= 11 is 0. The van der Waals surface area contributed by atoms with Crippen molar-refractivity contribution in [3.8, 4) is 0 Å². The Balaban J connectivity index is 1.72. The van der Waals surface area contributed by atoms with E-state index in [9.17, 15) is 14.4 Å². The minimum absolute atomic E-state index is 0.233. The van der Waals surface area contributed by atoms with E-state index in [1.54, 1.807) is 37.3 Å². The van der Waals surface area contributed by atoms with Gasteiger partial charge < -0.3 is 20.1 Å². The van der Waals surface area contributed by atoms with Crippen molar-refractivity contribution in [1.82, 2.24) is 0 Å². The first kappa shape index (κ1) is 20.1. The van der Waals surface area contributed by atoms with E-state index in [1.165, 1.54) is 0 Å². The molecule has 2 rings (SSSR count). The SMILES string of the molecule is CCOC(=O)c1ccc(NC(=O)COCC(=O)Nc2cccc(C)c2)cc1. The number of ether oxygens (including phenoxy) is 2. The second-order valence-electron chi connectivity index (χ2n) is 5.76. The molecule has 0 fully saturated rings. The van der Waals surface area contributed by atoms with E-state index in [1.807, 2.05) is 25.1 Å². The zero-order valence-electron chi connectivity index (χ0n) is 15.3. The molecule has 0 aliphatic heterocycles. The summed E-state index contributed by atoms with van der Waals surface area (Å²) in [4.78, 5) is 35.2. The first-order valence-corrected chi connectivity index (χ1v) is 8.49. The van der Waals surface area contributed by atoms with Crippen LogP contribution in [-0.2, 0) is 19.1 Å². The normalized spacial score (nSPS) is 10.1. The molecule has 0 spiro atoms. The van der Waals surface area contributed by atoms with Gasteiger partial charge in [0.15, 0.2) is 0 Å². The van der Waals surface area contributed by atoms with Crippen LogP contribution in [-0.4, -0.2) is 37.6 Å². The molecule has 27 heavy (non-hydrogen) atoms. The molecular weight excluding hydrogens is 348 g/mol. The highest BCUT2D eigenvalue weighted by Gasteiger charge is 2.08. The summed E-state index contributed by atoms with van der Waals surface area (Å²) in [6.45, 7) is 3.46. The number of amides is 2. The number of nitrogens with one attached hydrogen (secondary N) is 2. The summed E-state index contributed by atoms with van der Waals surface area (Å²) in [7, 11) is 0. The first-order valence-electron chi connectivity index (χ1n) is 8.49. The molecule has 2 amide bonds. The molecule has 2 aromatic carbocycles. The Hall–Kier alpha value is -3.19. The van der Waals surface area contributed by atoms with Crippen LogP contribution in [0.5, 0.6) is 0 Å². The molecule has 0 aliphatic carbocycles. The molecule has 0 atom stereocenters. The maximum Gasteiger partial charge on any atom is 0.338 e. The maximum atomic E-state index is 11.9. The van der Waals surface area contributed by atoms with Crippen LogP contribution in [0.4, 0.5) is 11.4 Å². The van der Waals surface area contributed by atoms with Crippen molar-refractivity contribution in [3.05, 3.63) is 59.7 Å².